The number of para-hydroxylation sites is 1. The summed E-state index contributed by atoms with van der Waals surface area (Å²) in [4.78, 5) is 25.3. The maximum atomic E-state index is 11.8. The van der Waals surface area contributed by atoms with Gasteiger partial charge < -0.3 is 9.64 Å². The molecule has 0 spiro atoms. The molecule has 1 unspecified atom stereocenters. The van der Waals surface area contributed by atoms with Crippen LogP contribution in [0, 0.1) is 0 Å². The van der Waals surface area contributed by atoms with Gasteiger partial charge in [0.2, 0.25) is 5.91 Å². The third kappa shape index (κ3) is 1.37. The molecule has 3 rings (SSSR count). The first kappa shape index (κ1) is 10.3. The number of amides is 1. The Bertz CT molecular complexity index is 509. The maximum Gasteiger partial charge on any atom is 0.313 e. The lowest BCUT2D eigenvalue weighted by Crippen LogP contribution is -2.35. The van der Waals surface area contributed by atoms with E-state index in [1.807, 2.05) is 18.2 Å². The van der Waals surface area contributed by atoms with Crippen molar-refractivity contribution in [1.29, 1.82) is 0 Å². The Kier molecular flexibility index (Phi) is 2.18. The van der Waals surface area contributed by atoms with Crippen molar-refractivity contribution in [2.45, 2.75) is 18.8 Å². The Labute approximate surface area is 99.2 Å². The molecule has 2 aliphatic rings. The van der Waals surface area contributed by atoms with E-state index in [0.29, 0.717) is 19.4 Å². The number of anilines is 1. The minimum Gasteiger partial charge on any atom is -0.469 e. The highest BCUT2D eigenvalue weighted by atomic mass is 16.5. The number of rotatable bonds is 1. The molecule has 4 heteroatoms. The predicted molar refractivity (Wildman–Crippen MR) is 61.9 cm³/mol. The molecule has 1 aromatic rings. The molecule has 0 bridgehead atoms. The minimum absolute atomic E-state index is 0.135. The van der Waals surface area contributed by atoms with Gasteiger partial charge in [-0.3, -0.25) is 9.59 Å². The number of methoxy groups -OCH3 is 1. The van der Waals surface area contributed by atoms with Gasteiger partial charge in [-0.2, -0.15) is 0 Å². The van der Waals surface area contributed by atoms with Gasteiger partial charge in [0.25, 0.3) is 0 Å². The van der Waals surface area contributed by atoms with Crippen molar-refractivity contribution in [3.8, 4) is 0 Å². The highest BCUT2D eigenvalue weighted by Gasteiger charge is 2.38. The van der Waals surface area contributed by atoms with E-state index < -0.39 is 0 Å². The highest BCUT2D eigenvalue weighted by molar-refractivity contribution is 6.04. The normalized spacial score (nSPS) is 21.4. The summed E-state index contributed by atoms with van der Waals surface area (Å²) in [7, 11) is 1.41. The van der Waals surface area contributed by atoms with Gasteiger partial charge in [-0.05, 0) is 17.5 Å². The zero-order valence-corrected chi connectivity index (χ0v) is 9.60. The van der Waals surface area contributed by atoms with Gasteiger partial charge in [-0.15, -0.1) is 0 Å². The summed E-state index contributed by atoms with van der Waals surface area (Å²) in [5.74, 6) is -0.301. The summed E-state index contributed by atoms with van der Waals surface area (Å²) < 4.78 is 4.83. The molecular formula is C13H13NO3. The molecule has 88 valence electrons. The third-order valence-electron chi connectivity index (χ3n) is 3.57. The van der Waals surface area contributed by atoms with Gasteiger partial charge in [0.1, 0.15) is 0 Å². The summed E-state index contributed by atoms with van der Waals surface area (Å²) in [6.45, 7) is 0.614. The molecule has 2 heterocycles. The first-order valence-corrected chi connectivity index (χ1v) is 5.72. The fourth-order valence-electron chi connectivity index (χ4n) is 2.78. The molecule has 0 radical (unpaired) electrons. The Morgan fingerprint density at radius 2 is 2.29 bits per heavy atom. The van der Waals surface area contributed by atoms with E-state index in [-0.39, 0.29) is 17.8 Å². The molecular weight excluding hydrogens is 218 g/mol. The number of carbonyl (C=O) groups is 2. The summed E-state index contributed by atoms with van der Waals surface area (Å²) >= 11 is 0. The number of benzene rings is 1. The highest BCUT2D eigenvalue weighted by Crippen LogP contribution is 2.42. The number of esters is 1. The zero-order valence-electron chi connectivity index (χ0n) is 9.60. The second kappa shape index (κ2) is 3.58. The van der Waals surface area contributed by atoms with Crippen LogP contribution in [0.3, 0.4) is 0 Å². The molecule has 0 N–H and O–H groups in total. The van der Waals surface area contributed by atoms with Gasteiger partial charge in [-0.1, -0.05) is 18.2 Å². The van der Waals surface area contributed by atoms with Crippen LogP contribution < -0.4 is 4.90 Å². The molecule has 0 fully saturated rings. The van der Waals surface area contributed by atoms with E-state index in [9.17, 15) is 9.59 Å². The Morgan fingerprint density at radius 3 is 3.06 bits per heavy atom. The first-order chi connectivity index (χ1) is 8.22. The summed E-state index contributed by atoms with van der Waals surface area (Å²) in [6, 6.07) is 5.79. The van der Waals surface area contributed by atoms with Crippen molar-refractivity contribution in [3.05, 3.63) is 29.3 Å². The first-order valence-electron chi connectivity index (χ1n) is 5.72. The second-order valence-corrected chi connectivity index (χ2v) is 4.44. The van der Waals surface area contributed by atoms with Crippen molar-refractivity contribution >= 4 is 17.6 Å². The molecule has 1 atom stereocenters. The molecule has 2 aliphatic heterocycles. The standard InChI is InChI=1S/C13H13NO3/c1-17-13(16)10-5-6-14-11(15)7-8-3-2-4-9(10)12(8)14/h2-4,10H,5-7H2,1H3. The average Bonchev–Trinajstić information content (AvgIpc) is 2.68. The van der Waals surface area contributed by atoms with Crippen LogP contribution >= 0.6 is 0 Å². The lowest BCUT2D eigenvalue weighted by atomic mass is 9.89. The Hall–Kier alpha value is -1.84. The van der Waals surface area contributed by atoms with Crippen molar-refractivity contribution in [1.82, 2.24) is 0 Å². The van der Waals surface area contributed by atoms with Gasteiger partial charge in [0.15, 0.2) is 0 Å². The largest absolute Gasteiger partial charge is 0.469 e. The van der Waals surface area contributed by atoms with Crippen LogP contribution in [0.15, 0.2) is 18.2 Å². The Balaban J connectivity index is 2.12. The quantitative estimate of drug-likeness (QED) is 0.683. The lowest BCUT2D eigenvalue weighted by molar-refractivity contribution is -0.142. The number of nitrogens with zero attached hydrogens (tertiary/aromatic N) is 1. The van der Waals surface area contributed by atoms with Crippen LogP contribution in [0.5, 0.6) is 0 Å². The molecule has 1 aromatic carbocycles. The van der Waals surface area contributed by atoms with E-state index in [1.54, 1.807) is 4.90 Å². The van der Waals surface area contributed by atoms with Crippen LogP contribution in [0.4, 0.5) is 5.69 Å². The van der Waals surface area contributed by atoms with Gasteiger partial charge in [-0.25, -0.2) is 0 Å². The monoisotopic (exact) mass is 231 g/mol. The van der Waals surface area contributed by atoms with Crippen LogP contribution in [-0.4, -0.2) is 25.5 Å². The molecule has 0 aliphatic carbocycles. The zero-order chi connectivity index (χ0) is 12.0. The van der Waals surface area contributed by atoms with Crippen LogP contribution in [-0.2, 0) is 20.7 Å². The van der Waals surface area contributed by atoms with Crippen molar-refractivity contribution in [2.24, 2.45) is 0 Å². The summed E-state index contributed by atoms with van der Waals surface area (Å²) in [6.07, 6.45) is 1.10. The predicted octanol–water partition coefficient (Wildman–Crippen LogP) is 1.24. The Morgan fingerprint density at radius 1 is 1.47 bits per heavy atom. The van der Waals surface area contributed by atoms with Crippen LogP contribution in [0.25, 0.3) is 0 Å². The van der Waals surface area contributed by atoms with Crippen molar-refractivity contribution in [2.75, 3.05) is 18.6 Å². The fraction of sp³-hybridized carbons (Fsp3) is 0.385. The van der Waals surface area contributed by atoms with E-state index in [1.165, 1.54) is 7.11 Å². The van der Waals surface area contributed by atoms with Crippen LogP contribution in [0.1, 0.15) is 23.5 Å². The van der Waals surface area contributed by atoms with Gasteiger partial charge in [0.05, 0.1) is 25.1 Å². The molecule has 0 saturated heterocycles. The van der Waals surface area contributed by atoms with Crippen LogP contribution in [0.2, 0.25) is 0 Å². The van der Waals surface area contributed by atoms with Crippen molar-refractivity contribution in [3.63, 3.8) is 0 Å². The van der Waals surface area contributed by atoms with E-state index in [4.69, 9.17) is 4.74 Å². The van der Waals surface area contributed by atoms with E-state index >= 15 is 0 Å². The van der Waals surface area contributed by atoms with Gasteiger partial charge in [0, 0.05) is 6.54 Å². The molecule has 1 amide bonds. The SMILES string of the molecule is COC(=O)C1CCN2C(=O)Cc3cccc1c32. The molecule has 4 nitrogen and oxygen atoms in total. The average molecular weight is 231 g/mol. The summed E-state index contributed by atoms with van der Waals surface area (Å²) in [5.41, 5.74) is 2.91. The van der Waals surface area contributed by atoms with E-state index in [0.717, 1.165) is 16.8 Å². The number of hydrogen-bond acceptors (Lipinski definition) is 3. The molecule has 17 heavy (non-hydrogen) atoms. The number of hydrogen-bond donors (Lipinski definition) is 0. The number of carbonyl (C=O) groups excluding carboxylic acids is 2. The number of ether oxygens (including phenoxy) is 1. The van der Waals surface area contributed by atoms with Gasteiger partial charge >= 0.3 is 5.97 Å². The van der Waals surface area contributed by atoms with E-state index in [2.05, 4.69) is 0 Å². The summed E-state index contributed by atoms with van der Waals surface area (Å²) in [5, 5.41) is 0. The third-order valence-corrected chi connectivity index (χ3v) is 3.57. The smallest absolute Gasteiger partial charge is 0.313 e. The lowest BCUT2D eigenvalue weighted by Gasteiger charge is -2.30. The molecule has 0 saturated carbocycles. The maximum absolute atomic E-state index is 11.8. The van der Waals surface area contributed by atoms with Crippen molar-refractivity contribution < 1.29 is 14.3 Å². The topological polar surface area (TPSA) is 46.6 Å². The fourth-order valence-corrected chi connectivity index (χ4v) is 2.78. The second-order valence-electron chi connectivity index (χ2n) is 4.44. The molecule has 0 aromatic heterocycles. The minimum atomic E-state index is -0.225.